The molecule has 0 spiro atoms. The van der Waals surface area contributed by atoms with Crippen molar-refractivity contribution in [3.63, 3.8) is 0 Å². The van der Waals surface area contributed by atoms with Gasteiger partial charge in [-0.2, -0.15) is 4.98 Å². The quantitative estimate of drug-likeness (QED) is 0.583. The average molecular weight is 329 g/mol. The van der Waals surface area contributed by atoms with E-state index in [2.05, 4.69) is 29.0 Å². The zero-order valence-corrected chi connectivity index (χ0v) is 13.6. The summed E-state index contributed by atoms with van der Waals surface area (Å²) in [7, 11) is -3.68. The summed E-state index contributed by atoms with van der Waals surface area (Å²) >= 11 is 1.36. The number of fused-ring (bicyclic) bond motifs is 1. The lowest BCUT2D eigenvalue weighted by Gasteiger charge is -2.18. The molecule has 7 nitrogen and oxygen atoms in total. The van der Waals surface area contributed by atoms with Gasteiger partial charge in [0.1, 0.15) is 0 Å². The first-order valence-corrected chi connectivity index (χ1v) is 9.13. The van der Waals surface area contributed by atoms with Crippen molar-refractivity contribution in [3.05, 3.63) is 11.6 Å². The first-order chi connectivity index (χ1) is 9.82. The molecule has 9 heteroatoms. The smallest absolute Gasteiger partial charge is 0.260 e. The standard InChI is InChI=1S/C12H19N5O2S2/c1-12(2)4-3-8(7-12)16-21(18,19)10-9(15-13)14-11-17(10)5-6-20-11/h5-6,8,15-16H,3-4,7,13H2,1-2H3. The summed E-state index contributed by atoms with van der Waals surface area (Å²) in [5.41, 5.74) is 2.55. The predicted octanol–water partition coefficient (Wildman–Crippen LogP) is 1.54. The van der Waals surface area contributed by atoms with E-state index >= 15 is 0 Å². The number of hydrazine groups is 1. The topological polar surface area (TPSA) is 102 Å². The van der Waals surface area contributed by atoms with Gasteiger partial charge in [-0.15, -0.1) is 11.3 Å². The maximum atomic E-state index is 12.7. The summed E-state index contributed by atoms with van der Waals surface area (Å²) in [4.78, 5) is 4.78. The van der Waals surface area contributed by atoms with Crippen molar-refractivity contribution < 1.29 is 8.42 Å². The Balaban J connectivity index is 1.95. The highest BCUT2D eigenvalue weighted by Gasteiger charge is 2.35. The average Bonchev–Trinajstić information content (AvgIpc) is 3.01. The maximum Gasteiger partial charge on any atom is 0.260 e. The van der Waals surface area contributed by atoms with Crippen LogP contribution in [0.5, 0.6) is 0 Å². The number of sulfonamides is 1. The molecule has 2 heterocycles. The summed E-state index contributed by atoms with van der Waals surface area (Å²) in [5, 5.41) is 1.87. The Kier molecular flexibility index (Phi) is 3.47. The molecule has 0 amide bonds. The largest absolute Gasteiger partial charge is 0.306 e. The van der Waals surface area contributed by atoms with Crippen LogP contribution < -0.4 is 16.0 Å². The summed E-state index contributed by atoms with van der Waals surface area (Å²) in [6, 6.07) is -0.0418. The van der Waals surface area contributed by atoms with E-state index in [-0.39, 0.29) is 22.3 Å². The van der Waals surface area contributed by atoms with Crippen LogP contribution in [0.3, 0.4) is 0 Å². The zero-order chi connectivity index (χ0) is 15.3. The lowest BCUT2D eigenvalue weighted by molar-refractivity contribution is 0.372. The van der Waals surface area contributed by atoms with Gasteiger partial charge in [0.2, 0.25) is 5.03 Å². The third-order valence-electron chi connectivity index (χ3n) is 3.90. The Hall–Kier alpha value is -1.16. The molecular formula is C12H19N5O2S2. The number of rotatable bonds is 4. The van der Waals surface area contributed by atoms with Crippen molar-refractivity contribution in [2.24, 2.45) is 11.3 Å². The number of hydrogen-bond acceptors (Lipinski definition) is 6. The van der Waals surface area contributed by atoms with E-state index in [1.807, 2.05) is 0 Å². The Bertz CT molecular complexity index is 762. The molecule has 2 aromatic heterocycles. The predicted molar refractivity (Wildman–Crippen MR) is 82.6 cm³/mol. The minimum absolute atomic E-state index is 0.0418. The highest BCUT2D eigenvalue weighted by atomic mass is 32.2. The number of thiazole rings is 1. The molecule has 1 aliphatic rings. The molecule has 1 saturated carbocycles. The molecule has 116 valence electrons. The van der Waals surface area contributed by atoms with Gasteiger partial charge in [-0.1, -0.05) is 13.8 Å². The van der Waals surface area contributed by atoms with Crippen molar-refractivity contribution >= 4 is 32.1 Å². The van der Waals surface area contributed by atoms with Crippen LogP contribution in [0.15, 0.2) is 16.6 Å². The molecule has 1 atom stereocenters. The van der Waals surface area contributed by atoms with Crippen molar-refractivity contribution in [1.82, 2.24) is 14.1 Å². The number of nitrogens with zero attached hydrogens (tertiary/aromatic N) is 2. The fourth-order valence-electron chi connectivity index (χ4n) is 2.93. The number of hydrogen-bond donors (Lipinski definition) is 3. The summed E-state index contributed by atoms with van der Waals surface area (Å²) < 4.78 is 29.7. The van der Waals surface area contributed by atoms with Gasteiger partial charge in [-0.05, 0) is 24.7 Å². The van der Waals surface area contributed by atoms with Crippen molar-refractivity contribution in [1.29, 1.82) is 0 Å². The second-order valence-electron chi connectivity index (χ2n) is 6.19. The third kappa shape index (κ3) is 2.66. The molecule has 0 radical (unpaired) electrons. The van der Waals surface area contributed by atoms with Crippen LogP contribution in [0, 0.1) is 5.41 Å². The number of nitrogen functional groups attached to an aromatic ring is 1. The van der Waals surface area contributed by atoms with Crippen molar-refractivity contribution in [3.8, 4) is 0 Å². The van der Waals surface area contributed by atoms with E-state index in [0.29, 0.717) is 4.96 Å². The van der Waals surface area contributed by atoms with Gasteiger partial charge in [0.15, 0.2) is 10.8 Å². The van der Waals surface area contributed by atoms with Crippen LogP contribution in [0.25, 0.3) is 4.96 Å². The van der Waals surface area contributed by atoms with Gasteiger partial charge >= 0.3 is 0 Å². The Morgan fingerprint density at radius 3 is 2.90 bits per heavy atom. The third-order valence-corrected chi connectivity index (χ3v) is 6.20. The minimum atomic E-state index is -3.68. The highest BCUT2D eigenvalue weighted by molar-refractivity contribution is 7.89. The second kappa shape index (κ2) is 4.94. The zero-order valence-electron chi connectivity index (χ0n) is 12.0. The number of imidazole rings is 1. The second-order valence-corrected chi connectivity index (χ2v) is 8.69. The Morgan fingerprint density at radius 1 is 1.52 bits per heavy atom. The summed E-state index contributed by atoms with van der Waals surface area (Å²) in [5.74, 6) is 5.58. The molecule has 0 bridgehead atoms. The van der Waals surface area contributed by atoms with Crippen molar-refractivity contribution in [2.45, 2.75) is 44.2 Å². The molecule has 3 rings (SSSR count). The number of nitrogens with one attached hydrogen (secondary N) is 2. The van der Waals surface area contributed by atoms with E-state index in [0.717, 1.165) is 19.3 Å². The molecule has 0 aliphatic heterocycles. The molecule has 4 N–H and O–H groups in total. The first kappa shape index (κ1) is 14.8. The Labute approximate surface area is 127 Å². The fourth-order valence-corrected chi connectivity index (χ4v) is 5.22. The fraction of sp³-hybridized carbons (Fsp3) is 0.583. The molecule has 0 aromatic carbocycles. The van der Waals surface area contributed by atoms with E-state index in [9.17, 15) is 8.42 Å². The van der Waals surface area contributed by atoms with Crippen LogP contribution in [-0.4, -0.2) is 23.8 Å². The van der Waals surface area contributed by atoms with E-state index < -0.39 is 10.0 Å². The molecule has 1 unspecified atom stereocenters. The lowest BCUT2D eigenvalue weighted by Crippen LogP contribution is -2.34. The van der Waals surface area contributed by atoms with Gasteiger partial charge in [0, 0.05) is 17.6 Å². The van der Waals surface area contributed by atoms with Gasteiger partial charge < -0.3 is 5.43 Å². The van der Waals surface area contributed by atoms with Crippen LogP contribution in [-0.2, 0) is 10.0 Å². The molecule has 1 fully saturated rings. The van der Waals surface area contributed by atoms with E-state index in [4.69, 9.17) is 5.84 Å². The van der Waals surface area contributed by atoms with E-state index in [1.165, 1.54) is 11.3 Å². The summed E-state index contributed by atoms with van der Waals surface area (Å²) in [6.45, 7) is 4.31. The molecule has 21 heavy (non-hydrogen) atoms. The highest BCUT2D eigenvalue weighted by Crippen LogP contribution is 2.37. The van der Waals surface area contributed by atoms with Crippen LogP contribution in [0.1, 0.15) is 33.1 Å². The van der Waals surface area contributed by atoms with E-state index in [1.54, 1.807) is 16.0 Å². The van der Waals surface area contributed by atoms with Gasteiger partial charge in [0.25, 0.3) is 10.0 Å². The number of nitrogens with two attached hydrogens (primary N) is 1. The number of anilines is 1. The minimum Gasteiger partial charge on any atom is -0.306 e. The summed E-state index contributed by atoms with van der Waals surface area (Å²) in [6.07, 6.45) is 4.38. The Morgan fingerprint density at radius 2 is 2.29 bits per heavy atom. The molecular weight excluding hydrogens is 310 g/mol. The molecule has 1 aliphatic carbocycles. The first-order valence-electron chi connectivity index (χ1n) is 6.77. The van der Waals surface area contributed by atoms with Gasteiger partial charge in [-0.3, -0.25) is 4.40 Å². The monoisotopic (exact) mass is 329 g/mol. The van der Waals surface area contributed by atoms with Gasteiger partial charge in [-0.25, -0.2) is 19.0 Å². The van der Waals surface area contributed by atoms with Crippen LogP contribution in [0.4, 0.5) is 5.82 Å². The van der Waals surface area contributed by atoms with Crippen molar-refractivity contribution in [2.75, 3.05) is 5.43 Å². The molecule has 2 aromatic rings. The normalized spacial score (nSPS) is 22.0. The van der Waals surface area contributed by atoms with Gasteiger partial charge in [0.05, 0.1) is 0 Å². The molecule has 0 saturated heterocycles. The van der Waals surface area contributed by atoms with Crippen LogP contribution >= 0.6 is 11.3 Å². The SMILES string of the molecule is CC1(C)CCC(NS(=O)(=O)c2c(NN)nc3sccn23)C1. The maximum absolute atomic E-state index is 12.7. The van der Waals surface area contributed by atoms with Crippen LogP contribution in [0.2, 0.25) is 0 Å². The number of aromatic nitrogens is 2. The lowest BCUT2D eigenvalue weighted by atomic mass is 9.92.